The molecular weight excluding hydrogens is 292 g/mol. The molecule has 1 N–H and O–H groups in total. The summed E-state index contributed by atoms with van der Waals surface area (Å²) >= 11 is 0. The molecule has 0 amide bonds. The molecule has 0 radical (unpaired) electrons. The van der Waals surface area contributed by atoms with Crippen LogP contribution in [0.3, 0.4) is 0 Å². The molecule has 0 aromatic heterocycles. The largest absolute Gasteiger partial charge is 0.481 e. The van der Waals surface area contributed by atoms with Gasteiger partial charge >= 0.3 is 5.97 Å². The van der Waals surface area contributed by atoms with E-state index in [2.05, 4.69) is 0 Å². The second-order valence-corrected chi connectivity index (χ2v) is 5.83. The van der Waals surface area contributed by atoms with Crippen LogP contribution in [0.15, 0.2) is 30.3 Å². The number of hydrogen-bond donors (Lipinski definition) is 1. The first-order valence-corrected chi connectivity index (χ1v) is 7.45. The van der Waals surface area contributed by atoms with Gasteiger partial charge in [0.25, 0.3) is 0 Å². The molecule has 0 saturated heterocycles. The number of carbonyl (C=O) groups excluding carboxylic acids is 2. The van der Waals surface area contributed by atoms with Gasteiger partial charge in [0, 0.05) is 28.7 Å². The molecule has 0 spiro atoms. The van der Waals surface area contributed by atoms with Crippen LogP contribution in [0.25, 0.3) is 0 Å². The quantitative estimate of drug-likeness (QED) is 0.807. The maximum atomic E-state index is 12.8. The summed E-state index contributed by atoms with van der Waals surface area (Å²) in [5.74, 6) is -1.18. The van der Waals surface area contributed by atoms with Gasteiger partial charge in [-0.1, -0.05) is 30.3 Å². The number of ketones is 2. The van der Waals surface area contributed by atoms with Crippen LogP contribution in [0.2, 0.25) is 0 Å². The van der Waals surface area contributed by atoms with Crippen LogP contribution in [-0.2, 0) is 11.2 Å². The van der Waals surface area contributed by atoms with Crippen LogP contribution in [0.5, 0.6) is 0 Å². The molecule has 2 aromatic carbocycles. The summed E-state index contributed by atoms with van der Waals surface area (Å²) < 4.78 is 0. The van der Waals surface area contributed by atoms with Gasteiger partial charge in [-0.25, -0.2) is 0 Å². The van der Waals surface area contributed by atoms with E-state index in [1.807, 2.05) is 6.07 Å². The third-order valence-electron chi connectivity index (χ3n) is 4.37. The lowest BCUT2D eigenvalue weighted by atomic mass is 9.78. The van der Waals surface area contributed by atoms with Crippen molar-refractivity contribution >= 4 is 17.5 Å². The third-order valence-corrected chi connectivity index (χ3v) is 4.37. The maximum Gasteiger partial charge on any atom is 0.303 e. The van der Waals surface area contributed by atoms with E-state index >= 15 is 0 Å². The van der Waals surface area contributed by atoms with E-state index in [4.69, 9.17) is 5.11 Å². The first-order valence-electron chi connectivity index (χ1n) is 7.45. The van der Waals surface area contributed by atoms with Crippen molar-refractivity contribution in [1.29, 1.82) is 0 Å². The predicted molar refractivity (Wildman–Crippen MR) is 85.2 cm³/mol. The first kappa shape index (κ1) is 15.2. The highest BCUT2D eigenvalue weighted by Gasteiger charge is 2.32. The lowest BCUT2D eigenvalue weighted by Gasteiger charge is -2.23. The molecule has 0 heterocycles. The van der Waals surface area contributed by atoms with Crippen molar-refractivity contribution in [3.63, 3.8) is 0 Å². The fourth-order valence-corrected chi connectivity index (χ4v) is 3.21. The van der Waals surface area contributed by atoms with Crippen LogP contribution in [-0.4, -0.2) is 22.6 Å². The van der Waals surface area contributed by atoms with E-state index in [-0.39, 0.29) is 18.0 Å². The molecule has 0 unspecified atom stereocenters. The minimum atomic E-state index is -0.882. The second kappa shape index (κ2) is 5.47. The van der Waals surface area contributed by atoms with Crippen molar-refractivity contribution in [2.45, 2.75) is 26.7 Å². The number of aliphatic carboxylic acids is 1. The summed E-state index contributed by atoms with van der Waals surface area (Å²) in [6.45, 7) is 3.58. The fraction of sp³-hybridized carbons (Fsp3) is 0.211. The Morgan fingerprint density at radius 1 is 1.00 bits per heavy atom. The number of carboxylic acids is 1. The maximum absolute atomic E-state index is 12.8. The van der Waals surface area contributed by atoms with Crippen molar-refractivity contribution < 1.29 is 19.5 Å². The summed E-state index contributed by atoms with van der Waals surface area (Å²) in [6.07, 6.45) is 0.343. The summed E-state index contributed by atoms with van der Waals surface area (Å²) in [5.41, 5.74) is 3.97. The van der Waals surface area contributed by atoms with E-state index in [9.17, 15) is 14.4 Å². The van der Waals surface area contributed by atoms with Crippen LogP contribution in [0.4, 0.5) is 0 Å². The monoisotopic (exact) mass is 308 g/mol. The highest BCUT2D eigenvalue weighted by Crippen LogP contribution is 2.33. The molecule has 0 atom stereocenters. The van der Waals surface area contributed by atoms with Gasteiger partial charge in [0.1, 0.15) is 0 Å². The van der Waals surface area contributed by atoms with Gasteiger partial charge in [-0.05, 0) is 37.0 Å². The van der Waals surface area contributed by atoms with Crippen LogP contribution in [0, 0.1) is 13.8 Å². The number of benzene rings is 2. The Bertz CT molecular complexity index is 862. The number of carbonyl (C=O) groups is 3. The predicted octanol–water partition coefficient (Wildman–Crippen LogP) is 3.10. The average Bonchev–Trinajstić information content (AvgIpc) is 2.52. The highest BCUT2D eigenvalue weighted by molar-refractivity contribution is 6.29. The first-order chi connectivity index (χ1) is 10.9. The Balaban J connectivity index is 2.20. The zero-order valence-corrected chi connectivity index (χ0v) is 13.0. The molecule has 0 aliphatic heterocycles. The number of fused-ring (bicyclic) bond motifs is 2. The number of rotatable bonds is 3. The SMILES string of the molecule is Cc1cc(CCC(=O)O)c(C)c2c1C(=O)c1ccccc1C2=O. The van der Waals surface area contributed by atoms with E-state index in [0.29, 0.717) is 34.2 Å². The number of aryl methyl sites for hydroxylation is 2. The van der Waals surface area contributed by atoms with Gasteiger partial charge < -0.3 is 5.11 Å². The molecule has 4 nitrogen and oxygen atoms in total. The molecule has 1 aliphatic rings. The van der Waals surface area contributed by atoms with Gasteiger partial charge in [0.05, 0.1) is 0 Å². The summed E-state index contributed by atoms with van der Waals surface area (Å²) in [5, 5.41) is 8.88. The normalized spacial score (nSPS) is 12.8. The molecule has 4 heteroatoms. The van der Waals surface area contributed by atoms with E-state index < -0.39 is 5.97 Å². The van der Waals surface area contributed by atoms with Crippen molar-refractivity contribution in [2.75, 3.05) is 0 Å². The van der Waals surface area contributed by atoms with E-state index in [0.717, 1.165) is 11.1 Å². The zero-order chi connectivity index (χ0) is 16.7. The van der Waals surface area contributed by atoms with Gasteiger partial charge in [-0.2, -0.15) is 0 Å². The Kier molecular flexibility index (Phi) is 3.60. The molecule has 0 fully saturated rings. The second-order valence-electron chi connectivity index (χ2n) is 5.83. The fourth-order valence-electron chi connectivity index (χ4n) is 3.21. The minimum Gasteiger partial charge on any atom is -0.481 e. The highest BCUT2D eigenvalue weighted by atomic mass is 16.4. The Hall–Kier alpha value is -2.75. The molecule has 0 saturated carbocycles. The van der Waals surface area contributed by atoms with Crippen LogP contribution < -0.4 is 0 Å². The summed E-state index contributed by atoms with van der Waals surface area (Å²) in [6, 6.07) is 8.66. The topological polar surface area (TPSA) is 71.4 Å². The standard InChI is InChI=1S/C19H16O4/c1-10-9-12(7-8-15(20)21)11(2)17-16(10)18(22)13-5-3-4-6-14(13)19(17)23/h3-6,9H,7-8H2,1-2H3,(H,20,21). The number of hydrogen-bond acceptors (Lipinski definition) is 3. The lowest BCUT2D eigenvalue weighted by Crippen LogP contribution is -2.24. The molecule has 23 heavy (non-hydrogen) atoms. The van der Waals surface area contributed by atoms with Gasteiger partial charge in [0.15, 0.2) is 11.6 Å². The Labute approximate surface area is 133 Å². The lowest BCUT2D eigenvalue weighted by molar-refractivity contribution is -0.136. The Morgan fingerprint density at radius 3 is 2.13 bits per heavy atom. The summed E-state index contributed by atoms with van der Waals surface area (Å²) in [7, 11) is 0. The Morgan fingerprint density at radius 2 is 1.57 bits per heavy atom. The van der Waals surface area contributed by atoms with Crippen LogP contribution in [0.1, 0.15) is 55.0 Å². The minimum absolute atomic E-state index is 0.00219. The smallest absolute Gasteiger partial charge is 0.303 e. The van der Waals surface area contributed by atoms with Gasteiger partial charge in [-0.15, -0.1) is 0 Å². The average molecular weight is 308 g/mol. The van der Waals surface area contributed by atoms with E-state index in [1.165, 1.54) is 0 Å². The van der Waals surface area contributed by atoms with Crippen LogP contribution >= 0.6 is 0 Å². The molecule has 1 aliphatic carbocycles. The van der Waals surface area contributed by atoms with Crippen molar-refractivity contribution in [1.82, 2.24) is 0 Å². The summed E-state index contributed by atoms with van der Waals surface area (Å²) in [4.78, 5) is 36.4. The molecule has 116 valence electrons. The van der Waals surface area contributed by atoms with Gasteiger partial charge in [0.2, 0.25) is 0 Å². The van der Waals surface area contributed by atoms with Gasteiger partial charge in [-0.3, -0.25) is 14.4 Å². The molecule has 3 rings (SSSR count). The third kappa shape index (κ3) is 2.36. The number of carboxylic acid groups (broad SMARTS) is 1. The van der Waals surface area contributed by atoms with Crippen molar-refractivity contribution in [3.05, 3.63) is 69.3 Å². The molecule has 2 aromatic rings. The van der Waals surface area contributed by atoms with Crippen molar-refractivity contribution in [3.8, 4) is 0 Å². The molecular formula is C19H16O4. The van der Waals surface area contributed by atoms with E-state index in [1.54, 1.807) is 38.1 Å². The van der Waals surface area contributed by atoms with Crippen molar-refractivity contribution in [2.24, 2.45) is 0 Å². The molecule has 0 bridgehead atoms. The zero-order valence-electron chi connectivity index (χ0n) is 13.0.